The Morgan fingerprint density at radius 2 is 1.91 bits per heavy atom. The van der Waals surface area contributed by atoms with Gasteiger partial charge in [-0.25, -0.2) is 9.79 Å². The van der Waals surface area contributed by atoms with Gasteiger partial charge in [-0.15, -0.1) is 0 Å². The number of aliphatic imine (C=N–C) groups is 1. The number of nitrogens with one attached hydrogen (secondary N) is 1. The number of carbonyl (C=O) groups is 2. The second kappa shape index (κ2) is 10.1. The van der Waals surface area contributed by atoms with Gasteiger partial charge in [0.15, 0.2) is 5.17 Å². The third-order valence-electron chi connectivity index (χ3n) is 5.20. The van der Waals surface area contributed by atoms with Gasteiger partial charge in [0.05, 0.1) is 32.8 Å². The first-order valence-electron chi connectivity index (χ1n) is 10.5. The standard InChI is InChI=1S/C25H21Cl2N3O3S/c1-4-33-24(32)16-8-10-18(11-9-16)30-14(2)12-17(15(30)3)13-21-23(31)29-25(34-21)28-20-7-5-6-19(26)22(20)27/h5-13H,4H2,1-3H3,(H,28,29,31). The number of ether oxygens (including phenoxy) is 1. The van der Waals surface area contributed by atoms with Crippen LogP contribution in [0.2, 0.25) is 10.0 Å². The summed E-state index contributed by atoms with van der Waals surface area (Å²) < 4.78 is 7.12. The van der Waals surface area contributed by atoms with Crippen LogP contribution in [-0.4, -0.2) is 28.2 Å². The van der Waals surface area contributed by atoms with Crippen LogP contribution in [-0.2, 0) is 9.53 Å². The number of amides is 1. The molecular formula is C25H21Cl2N3O3S. The molecule has 0 saturated carbocycles. The Morgan fingerprint density at radius 1 is 1.18 bits per heavy atom. The van der Waals surface area contributed by atoms with E-state index in [-0.39, 0.29) is 11.9 Å². The van der Waals surface area contributed by atoms with E-state index in [0.717, 1.165) is 22.6 Å². The maximum absolute atomic E-state index is 12.6. The Bertz CT molecular complexity index is 1340. The predicted molar refractivity (Wildman–Crippen MR) is 138 cm³/mol. The number of rotatable bonds is 5. The summed E-state index contributed by atoms with van der Waals surface area (Å²) in [5.74, 6) is -0.577. The van der Waals surface area contributed by atoms with Gasteiger partial charge in [0.1, 0.15) is 0 Å². The second-order valence-electron chi connectivity index (χ2n) is 7.48. The molecule has 1 amide bonds. The van der Waals surface area contributed by atoms with Crippen molar-refractivity contribution in [2.45, 2.75) is 20.8 Å². The molecule has 3 aromatic rings. The highest BCUT2D eigenvalue weighted by atomic mass is 35.5. The summed E-state index contributed by atoms with van der Waals surface area (Å²) in [7, 11) is 0. The predicted octanol–water partition coefficient (Wildman–Crippen LogP) is 6.47. The zero-order valence-corrected chi connectivity index (χ0v) is 21.0. The fraction of sp³-hybridized carbons (Fsp3) is 0.160. The molecule has 0 spiro atoms. The van der Waals surface area contributed by atoms with E-state index >= 15 is 0 Å². The number of aryl methyl sites for hydroxylation is 1. The minimum atomic E-state index is -0.346. The molecule has 0 unspecified atom stereocenters. The number of esters is 1. The molecule has 9 heteroatoms. The van der Waals surface area contributed by atoms with Crippen LogP contribution in [0.4, 0.5) is 5.69 Å². The van der Waals surface area contributed by atoms with Crippen molar-refractivity contribution < 1.29 is 14.3 Å². The quantitative estimate of drug-likeness (QED) is 0.313. The van der Waals surface area contributed by atoms with Gasteiger partial charge in [-0.2, -0.15) is 0 Å². The van der Waals surface area contributed by atoms with E-state index in [4.69, 9.17) is 27.9 Å². The van der Waals surface area contributed by atoms with Crippen molar-refractivity contribution in [1.29, 1.82) is 0 Å². The first kappa shape index (κ1) is 24.1. The van der Waals surface area contributed by atoms with Gasteiger partial charge in [0.25, 0.3) is 5.91 Å². The molecule has 4 rings (SSSR count). The van der Waals surface area contributed by atoms with E-state index in [0.29, 0.717) is 38.0 Å². The topological polar surface area (TPSA) is 72.7 Å². The minimum Gasteiger partial charge on any atom is -0.462 e. The van der Waals surface area contributed by atoms with Crippen LogP contribution in [0.15, 0.2) is 58.4 Å². The maximum Gasteiger partial charge on any atom is 0.338 e. The zero-order chi connectivity index (χ0) is 24.4. The van der Waals surface area contributed by atoms with Crippen molar-refractivity contribution in [1.82, 2.24) is 9.88 Å². The van der Waals surface area contributed by atoms with Crippen molar-refractivity contribution in [3.8, 4) is 5.69 Å². The van der Waals surface area contributed by atoms with Crippen LogP contribution < -0.4 is 5.32 Å². The number of amidine groups is 1. The van der Waals surface area contributed by atoms with Crippen LogP contribution >= 0.6 is 35.0 Å². The number of aromatic nitrogens is 1. The van der Waals surface area contributed by atoms with E-state index in [1.807, 2.05) is 38.1 Å². The molecule has 1 saturated heterocycles. The average molecular weight is 514 g/mol. The molecule has 2 heterocycles. The van der Waals surface area contributed by atoms with E-state index in [9.17, 15) is 9.59 Å². The Labute approximate surface area is 211 Å². The van der Waals surface area contributed by atoms with E-state index in [1.54, 1.807) is 37.3 Å². The summed E-state index contributed by atoms with van der Waals surface area (Å²) in [4.78, 5) is 29.5. The average Bonchev–Trinajstić information content (AvgIpc) is 3.29. The molecule has 1 N–H and O–H groups in total. The SMILES string of the molecule is CCOC(=O)c1ccc(-n2c(C)cc(C=C3SC(=Nc4cccc(Cl)c4Cl)NC3=O)c2C)cc1. The number of thioether (sulfide) groups is 1. The molecule has 0 atom stereocenters. The lowest BCUT2D eigenvalue weighted by molar-refractivity contribution is -0.115. The van der Waals surface area contributed by atoms with Crippen molar-refractivity contribution in [2.75, 3.05) is 6.61 Å². The number of carbonyl (C=O) groups excluding carboxylic acids is 2. The molecular weight excluding hydrogens is 493 g/mol. The molecule has 1 aliphatic rings. The van der Waals surface area contributed by atoms with Crippen molar-refractivity contribution in [3.63, 3.8) is 0 Å². The fourth-order valence-corrected chi connectivity index (χ4v) is 4.77. The number of benzene rings is 2. The lowest BCUT2D eigenvalue weighted by atomic mass is 10.2. The number of hydrogen-bond donors (Lipinski definition) is 1. The maximum atomic E-state index is 12.6. The van der Waals surface area contributed by atoms with Gasteiger partial charge >= 0.3 is 5.97 Å². The summed E-state index contributed by atoms with van der Waals surface area (Å²) in [6.07, 6.45) is 1.84. The summed E-state index contributed by atoms with van der Waals surface area (Å²) >= 11 is 13.5. The first-order valence-corrected chi connectivity index (χ1v) is 12.1. The van der Waals surface area contributed by atoms with E-state index < -0.39 is 0 Å². The lowest BCUT2D eigenvalue weighted by Gasteiger charge is -2.10. The van der Waals surface area contributed by atoms with Crippen molar-refractivity contribution >= 4 is 63.8 Å². The molecule has 1 aromatic heterocycles. The van der Waals surface area contributed by atoms with Crippen LogP contribution in [0.5, 0.6) is 0 Å². The number of halogens is 2. The molecule has 1 fully saturated rings. The molecule has 6 nitrogen and oxygen atoms in total. The highest BCUT2D eigenvalue weighted by Gasteiger charge is 2.25. The monoisotopic (exact) mass is 513 g/mol. The fourth-order valence-electron chi connectivity index (χ4n) is 3.60. The summed E-state index contributed by atoms with van der Waals surface area (Å²) in [6.45, 7) is 6.08. The molecule has 34 heavy (non-hydrogen) atoms. The van der Waals surface area contributed by atoms with Crippen LogP contribution in [0, 0.1) is 13.8 Å². The third-order valence-corrected chi connectivity index (χ3v) is 6.92. The van der Waals surface area contributed by atoms with Gasteiger partial charge in [0, 0.05) is 17.1 Å². The Morgan fingerprint density at radius 3 is 2.62 bits per heavy atom. The third kappa shape index (κ3) is 4.92. The highest BCUT2D eigenvalue weighted by molar-refractivity contribution is 8.18. The van der Waals surface area contributed by atoms with Gasteiger partial charge in [-0.1, -0.05) is 29.3 Å². The van der Waals surface area contributed by atoms with Crippen molar-refractivity contribution in [2.24, 2.45) is 4.99 Å². The largest absolute Gasteiger partial charge is 0.462 e. The molecule has 2 aromatic carbocycles. The molecule has 174 valence electrons. The first-order chi connectivity index (χ1) is 16.3. The van der Waals surface area contributed by atoms with Crippen LogP contribution in [0.25, 0.3) is 11.8 Å². The molecule has 0 bridgehead atoms. The highest BCUT2D eigenvalue weighted by Crippen LogP contribution is 2.35. The second-order valence-corrected chi connectivity index (χ2v) is 9.30. The smallest absolute Gasteiger partial charge is 0.338 e. The Hall–Kier alpha value is -3.00. The molecule has 0 aliphatic carbocycles. The normalized spacial score (nSPS) is 15.7. The minimum absolute atomic E-state index is 0.231. The summed E-state index contributed by atoms with van der Waals surface area (Å²) in [6, 6.07) is 14.4. The number of nitrogens with zero attached hydrogens (tertiary/aromatic N) is 2. The Balaban J connectivity index is 1.60. The van der Waals surface area contributed by atoms with Crippen LogP contribution in [0.3, 0.4) is 0 Å². The van der Waals surface area contributed by atoms with Crippen molar-refractivity contribution in [3.05, 3.63) is 86.0 Å². The summed E-state index contributed by atoms with van der Waals surface area (Å²) in [5, 5.41) is 3.94. The van der Waals surface area contributed by atoms with E-state index in [1.165, 1.54) is 11.8 Å². The van der Waals surface area contributed by atoms with E-state index in [2.05, 4.69) is 14.9 Å². The van der Waals surface area contributed by atoms with Gasteiger partial charge in [0.2, 0.25) is 0 Å². The van der Waals surface area contributed by atoms with Gasteiger partial charge in [-0.05, 0) is 86.6 Å². The molecule has 1 aliphatic heterocycles. The van der Waals surface area contributed by atoms with Gasteiger partial charge < -0.3 is 14.6 Å². The zero-order valence-electron chi connectivity index (χ0n) is 18.7. The molecule has 0 radical (unpaired) electrons. The summed E-state index contributed by atoms with van der Waals surface area (Å²) in [5.41, 5.74) is 4.77. The van der Waals surface area contributed by atoms with Crippen LogP contribution in [0.1, 0.15) is 34.2 Å². The number of hydrogen-bond acceptors (Lipinski definition) is 5. The lowest BCUT2D eigenvalue weighted by Crippen LogP contribution is -2.19. The Kier molecular flexibility index (Phi) is 7.16. The van der Waals surface area contributed by atoms with Gasteiger partial charge in [-0.3, -0.25) is 4.79 Å².